The van der Waals surface area contributed by atoms with E-state index >= 15 is 0 Å². The Hall–Kier alpha value is -3.11. The van der Waals surface area contributed by atoms with Gasteiger partial charge in [-0.3, -0.25) is 19.9 Å². The van der Waals surface area contributed by atoms with Crippen LogP contribution in [0.4, 0.5) is 16.5 Å². The molecule has 0 aliphatic carbocycles. The van der Waals surface area contributed by atoms with Crippen molar-refractivity contribution in [1.82, 2.24) is 14.8 Å². The molecule has 0 fully saturated rings. The molecular formula is C16H11ClN6O3S. The molecule has 2 aromatic heterocycles. The fourth-order valence-electron chi connectivity index (χ4n) is 2.69. The van der Waals surface area contributed by atoms with Crippen molar-refractivity contribution < 1.29 is 4.92 Å². The van der Waals surface area contributed by atoms with Crippen LogP contribution in [-0.2, 0) is 13.6 Å². The van der Waals surface area contributed by atoms with E-state index in [1.807, 2.05) is 12.1 Å². The van der Waals surface area contributed by atoms with Crippen LogP contribution in [0.15, 0.2) is 34.2 Å². The van der Waals surface area contributed by atoms with Crippen molar-refractivity contribution in [3.63, 3.8) is 0 Å². The van der Waals surface area contributed by atoms with Crippen molar-refractivity contribution in [2.24, 2.45) is 12.0 Å². The quantitative estimate of drug-likeness (QED) is 0.529. The maximum absolute atomic E-state index is 11.8. The number of halogens is 1. The summed E-state index contributed by atoms with van der Waals surface area (Å²) in [5.74, 6) is 0. The summed E-state index contributed by atoms with van der Waals surface area (Å²) in [7, 11) is 1.45. The second-order valence-electron chi connectivity index (χ2n) is 5.79. The van der Waals surface area contributed by atoms with Crippen LogP contribution in [0.2, 0.25) is 5.02 Å². The Labute approximate surface area is 161 Å². The molecule has 3 aromatic rings. The molecule has 3 heterocycles. The monoisotopic (exact) mass is 402 g/mol. The van der Waals surface area contributed by atoms with Crippen molar-refractivity contribution in [3.8, 4) is 10.6 Å². The molecule has 0 unspecified atom stereocenters. The molecule has 0 atom stereocenters. The molecule has 0 spiro atoms. The van der Waals surface area contributed by atoms with E-state index in [2.05, 4.69) is 20.5 Å². The van der Waals surface area contributed by atoms with E-state index in [-0.39, 0.29) is 0 Å². The molecule has 4 rings (SSSR count). The van der Waals surface area contributed by atoms with E-state index in [4.69, 9.17) is 11.6 Å². The predicted octanol–water partition coefficient (Wildman–Crippen LogP) is 3.14. The summed E-state index contributed by atoms with van der Waals surface area (Å²) >= 11 is 7.61. The van der Waals surface area contributed by atoms with E-state index < -0.39 is 16.2 Å². The van der Waals surface area contributed by atoms with Crippen molar-refractivity contribution >= 4 is 45.7 Å². The number of nitrogens with one attached hydrogen (secondary N) is 1. The van der Waals surface area contributed by atoms with Crippen LogP contribution < -0.4 is 10.9 Å². The first-order valence-electron chi connectivity index (χ1n) is 7.71. The molecule has 0 saturated carbocycles. The van der Waals surface area contributed by atoms with Gasteiger partial charge in [0.05, 0.1) is 22.2 Å². The van der Waals surface area contributed by atoms with Gasteiger partial charge in [0, 0.05) is 36.7 Å². The van der Waals surface area contributed by atoms with Crippen LogP contribution in [-0.4, -0.2) is 25.9 Å². The minimum atomic E-state index is -0.710. The van der Waals surface area contributed by atoms with Crippen LogP contribution in [0.25, 0.3) is 10.6 Å². The number of fused-ring (bicyclic) bond motifs is 1. The second-order valence-corrected chi connectivity index (χ2v) is 7.15. The van der Waals surface area contributed by atoms with Gasteiger partial charge in [-0.05, 0) is 11.6 Å². The number of nitrogens with zero attached hydrogens (tertiary/aromatic N) is 5. The highest BCUT2D eigenvalue weighted by Gasteiger charge is 2.19. The second kappa shape index (κ2) is 6.56. The number of anilines is 2. The van der Waals surface area contributed by atoms with Gasteiger partial charge in [-0.1, -0.05) is 29.0 Å². The molecule has 0 radical (unpaired) electrons. The number of hydrogen-bond donors (Lipinski definition) is 1. The van der Waals surface area contributed by atoms with Gasteiger partial charge in [-0.15, -0.1) is 10.2 Å². The summed E-state index contributed by atoms with van der Waals surface area (Å²) in [6, 6.07) is 4.98. The van der Waals surface area contributed by atoms with E-state index in [0.29, 0.717) is 33.0 Å². The summed E-state index contributed by atoms with van der Waals surface area (Å²) in [5, 5.41) is 23.7. The normalized spacial score (nSPS) is 12.2. The third kappa shape index (κ3) is 3.09. The van der Waals surface area contributed by atoms with Crippen LogP contribution in [0.3, 0.4) is 0 Å². The van der Waals surface area contributed by atoms with Gasteiger partial charge in [0.15, 0.2) is 5.01 Å². The lowest BCUT2D eigenvalue weighted by Crippen LogP contribution is -2.19. The van der Waals surface area contributed by atoms with E-state index in [0.717, 1.165) is 15.7 Å². The lowest BCUT2D eigenvalue weighted by molar-refractivity contribution is -0.386. The van der Waals surface area contributed by atoms with E-state index in [9.17, 15) is 14.9 Å². The van der Waals surface area contributed by atoms with Crippen LogP contribution in [0.1, 0.15) is 11.1 Å². The van der Waals surface area contributed by atoms with Gasteiger partial charge in [-0.2, -0.15) is 0 Å². The zero-order valence-electron chi connectivity index (χ0n) is 13.8. The van der Waals surface area contributed by atoms with Gasteiger partial charge >= 0.3 is 11.2 Å². The molecular weight excluding hydrogens is 392 g/mol. The minimum absolute atomic E-state index is 0.432. The van der Waals surface area contributed by atoms with E-state index in [1.54, 1.807) is 6.21 Å². The molecule has 0 amide bonds. The molecule has 136 valence electrons. The number of aromatic nitrogens is 3. The SMILES string of the molecule is Cn1cc(-c2nnc(Nc3ccc4c(c3Cl)C=NC4)s2)cc([N+](=O)[O-])c1=O. The smallest absolute Gasteiger partial charge is 0.329 e. The number of rotatable bonds is 4. The molecule has 1 aromatic carbocycles. The first-order chi connectivity index (χ1) is 12.9. The van der Waals surface area contributed by atoms with E-state index in [1.165, 1.54) is 30.6 Å². The molecule has 0 bridgehead atoms. The van der Waals surface area contributed by atoms with Gasteiger partial charge in [0.2, 0.25) is 5.13 Å². The van der Waals surface area contributed by atoms with Crippen molar-refractivity contribution in [1.29, 1.82) is 0 Å². The number of pyridine rings is 1. The standard InChI is InChI=1S/C16H11ClN6O3S/c1-22-7-9(4-12(15(22)24)23(25)26)14-20-21-16(27-14)19-11-3-2-8-5-18-6-10(8)13(11)17/h2-4,6-7H,5H2,1H3,(H,19,21). The zero-order valence-corrected chi connectivity index (χ0v) is 15.4. The molecule has 9 nitrogen and oxygen atoms in total. The lowest BCUT2D eigenvalue weighted by Gasteiger charge is -2.08. The van der Waals surface area contributed by atoms with Gasteiger partial charge in [0.1, 0.15) is 0 Å². The number of nitro groups is 1. The first kappa shape index (κ1) is 17.3. The summed E-state index contributed by atoms with van der Waals surface area (Å²) < 4.78 is 1.15. The Kier molecular flexibility index (Phi) is 4.21. The van der Waals surface area contributed by atoms with Crippen LogP contribution >= 0.6 is 22.9 Å². The Balaban J connectivity index is 1.66. The maximum Gasteiger partial charge on any atom is 0.334 e. The van der Waals surface area contributed by atoms with Crippen LogP contribution in [0.5, 0.6) is 0 Å². The maximum atomic E-state index is 11.8. The minimum Gasteiger partial charge on any atom is -0.329 e. The summed E-state index contributed by atoms with van der Waals surface area (Å²) in [5.41, 5.74) is 1.83. The highest BCUT2D eigenvalue weighted by molar-refractivity contribution is 7.18. The largest absolute Gasteiger partial charge is 0.334 e. The molecule has 1 aliphatic rings. The number of benzene rings is 1. The predicted molar refractivity (Wildman–Crippen MR) is 103 cm³/mol. The third-order valence-electron chi connectivity index (χ3n) is 4.03. The summed E-state index contributed by atoms with van der Waals surface area (Å²) in [4.78, 5) is 26.4. The first-order valence-corrected chi connectivity index (χ1v) is 8.90. The Morgan fingerprint density at radius 2 is 2.19 bits per heavy atom. The topological polar surface area (TPSA) is 115 Å². The molecule has 1 aliphatic heterocycles. The van der Waals surface area contributed by atoms with Crippen molar-refractivity contribution in [2.45, 2.75) is 6.54 Å². The molecule has 11 heteroatoms. The Morgan fingerprint density at radius 1 is 1.37 bits per heavy atom. The third-order valence-corrected chi connectivity index (χ3v) is 5.32. The van der Waals surface area contributed by atoms with Crippen LogP contribution in [0, 0.1) is 10.1 Å². The lowest BCUT2D eigenvalue weighted by atomic mass is 10.1. The fourth-order valence-corrected chi connectivity index (χ4v) is 3.71. The Morgan fingerprint density at radius 3 is 2.96 bits per heavy atom. The van der Waals surface area contributed by atoms with Gasteiger partial charge < -0.3 is 9.88 Å². The highest BCUT2D eigenvalue weighted by atomic mass is 35.5. The molecule has 1 N–H and O–H groups in total. The number of aryl methyl sites for hydroxylation is 1. The molecule has 0 saturated heterocycles. The number of hydrogen-bond acceptors (Lipinski definition) is 8. The van der Waals surface area contributed by atoms with Gasteiger partial charge in [0.25, 0.3) is 0 Å². The molecule has 27 heavy (non-hydrogen) atoms. The number of aliphatic imine (C=N–C) groups is 1. The van der Waals surface area contributed by atoms with Crippen molar-refractivity contribution in [3.05, 3.63) is 61.0 Å². The van der Waals surface area contributed by atoms with Gasteiger partial charge in [-0.25, -0.2) is 0 Å². The average molecular weight is 403 g/mol. The average Bonchev–Trinajstić information content (AvgIpc) is 3.29. The summed E-state index contributed by atoms with van der Waals surface area (Å²) in [6.07, 6.45) is 3.22. The van der Waals surface area contributed by atoms with Crippen molar-refractivity contribution in [2.75, 3.05) is 5.32 Å². The fraction of sp³-hybridized carbons (Fsp3) is 0.125. The zero-order chi connectivity index (χ0) is 19.1. The summed E-state index contributed by atoms with van der Waals surface area (Å²) in [6.45, 7) is 0.615. The Bertz CT molecular complexity index is 1170. The highest BCUT2D eigenvalue weighted by Crippen LogP contribution is 2.34.